The number of hydrogen-bond donors (Lipinski definition) is 2. The van der Waals surface area contributed by atoms with Crippen molar-refractivity contribution in [1.82, 2.24) is 0 Å². The zero-order valence-corrected chi connectivity index (χ0v) is 15.1. The number of esters is 1. The number of ketones is 2. The standard InChI is InChI=1S/C18H28O6/c1-11-8-18(5,23)10-24-16(21)13(3)15(20)12(2)9-17(4,22)7-6-14(11)19/h8,12-13,22-23H,6-7,9-10H2,1-5H3/b11-8+/t12-,13?,17-,18+/m1/s1. The zero-order chi connectivity index (χ0) is 18.7. The summed E-state index contributed by atoms with van der Waals surface area (Å²) in [7, 11) is 0. The molecule has 136 valence electrons. The van der Waals surface area contributed by atoms with Gasteiger partial charge in [0.05, 0.1) is 5.60 Å². The summed E-state index contributed by atoms with van der Waals surface area (Å²) in [5.74, 6) is -2.76. The van der Waals surface area contributed by atoms with Gasteiger partial charge in [-0.2, -0.15) is 0 Å². The van der Waals surface area contributed by atoms with Gasteiger partial charge in [0.25, 0.3) is 0 Å². The lowest BCUT2D eigenvalue weighted by atomic mass is 9.83. The molecule has 0 bridgehead atoms. The molecule has 1 heterocycles. The van der Waals surface area contributed by atoms with Crippen LogP contribution in [-0.2, 0) is 19.1 Å². The van der Waals surface area contributed by atoms with E-state index in [1.54, 1.807) is 20.8 Å². The maximum Gasteiger partial charge on any atom is 0.316 e. The molecule has 1 unspecified atom stereocenters. The van der Waals surface area contributed by atoms with Crippen LogP contribution < -0.4 is 0 Å². The zero-order valence-electron chi connectivity index (χ0n) is 15.1. The fourth-order valence-corrected chi connectivity index (χ4v) is 2.92. The molecule has 0 saturated heterocycles. The fourth-order valence-electron chi connectivity index (χ4n) is 2.92. The van der Waals surface area contributed by atoms with Crippen LogP contribution in [0.5, 0.6) is 0 Å². The largest absolute Gasteiger partial charge is 0.462 e. The normalized spacial score (nSPS) is 39.6. The first-order valence-electron chi connectivity index (χ1n) is 8.22. The van der Waals surface area contributed by atoms with Gasteiger partial charge in [0.15, 0.2) is 5.78 Å². The Morgan fingerprint density at radius 1 is 1.17 bits per heavy atom. The average Bonchev–Trinajstić information content (AvgIpc) is 2.47. The third-order valence-electron chi connectivity index (χ3n) is 4.38. The minimum atomic E-state index is -1.50. The number of aliphatic hydroxyl groups is 2. The molecule has 1 aliphatic rings. The van der Waals surface area contributed by atoms with Crippen LogP contribution in [0.3, 0.4) is 0 Å². The van der Waals surface area contributed by atoms with E-state index in [1.807, 2.05) is 0 Å². The van der Waals surface area contributed by atoms with Crippen molar-refractivity contribution in [2.24, 2.45) is 11.8 Å². The summed E-state index contributed by atoms with van der Waals surface area (Å²) in [6, 6.07) is 0. The molecule has 4 atom stereocenters. The van der Waals surface area contributed by atoms with Gasteiger partial charge in [-0.05, 0) is 52.2 Å². The number of ether oxygens (including phenoxy) is 1. The van der Waals surface area contributed by atoms with Crippen LogP contribution in [-0.4, -0.2) is 45.6 Å². The SMILES string of the molecule is C/C1=C\[C@](C)(O)COC(=O)C(C)C(=O)[C@H](C)C[C@](C)(O)CCC1=O. The number of Topliss-reactive ketones (excluding diaryl/α,β-unsaturated/α-hetero) is 2. The summed E-state index contributed by atoms with van der Waals surface area (Å²) in [5, 5.41) is 20.7. The highest BCUT2D eigenvalue weighted by Gasteiger charge is 2.34. The van der Waals surface area contributed by atoms with Crippen molar-refractivity contribution in [2.45, 2.75) is 65.1 Å². The third-order valence-corrected chi connectivity index (χ3v) is 4.38. The van der Waals surface area contributed by atoms with Gasteiger partial charge < -0.3 is 14.9 Å². The molecule has 0 aromatic heterocycles. The summed E-state index contributed by atoms with van der Waals surface area (Å²) in [6.07, 6.45) is 1.83. The lowest BCUT2D eigenvalue weighted by molar-refractivity contribution is -0.157. The Morgan fingerprint density at radius 3 is 2.33 bits per heavy atom. The third kappa shape index (κ3) is 5.83. The second kappa shape index (κ2) is 7.57. The van der Waals surface area contributed by atoms with E-state index in [4.69, 9.17) is 4.74 Å². The predicted molar refractivity (Wildman–Crippen MR) is 88.2 cm³/mol. The van der Waals surface area contributed by atoms with Gasteiger partial charge in [-0.3, -0.25) is 14.4 Å². The van der Waals surface area contributed by atoms with Crippen molar-refractivity contribution in [2.75, 3.05) is 6.61 Å². The van der Waals surface area contributed by atoms with Crippen LogP contribution in [0.25, 0.3) is 0 Å². The maximum atomic E-state index is 12.3. The molecule has 0 radical (unpaired) electrons. The quantitative estimate of drug-likeness (QED) is 0.513. The highest BCUT2D eigenvalue weighted by molar-refractivity contribution is 5.99. The van der Waals surface area contributed by atoms with E-state index < -0.39 is 29.0 Å². The van der Waals surface area contributed by atoms with E-state index >= 15 is 0 Å². The second-order valence-corrected chi connectivity index (χ2v) is 7.44. The van der Waals surface area contributed by atoms with Crippen molar-refractivity contribution in [1.29, 1.82) is 0 Å². The Kier molecular flexibility index (Phi) is 6.47. The number of cyclic esters (lactones) is 1. The summed E-state index contributed by atoms with van der Waals surface area (Å²) in [5.41, 5.74) is -2.35. The second-order valence-electron chi connectivity index (χ2n) is 7.44. The van der Waals surface area contributed by atoms with E-state index in [0.29, 0.717) is 5.57 Å². The Morgan fingerprint density at radius 2 is 1.75 bits per heavy atom. The van der Waals surface area contributed by atoms with Crippen LogP contribution in [0.2, 0.25) is 0 Å². The Balaban J connectivity index is 3.12. The highest BCUT2D eigenvalue weighted by Crippen LogP contribution is 2.26. The molecule has 1 rings (SSSR count). The van der Waals surface area contributed by atoms with Gasteiger partial charge in [-0.15, -0.1) is 0 Å². The Hall–Kier alpha value is -1.53. The predicted octanol–water partition coefficient (Wildman–Crippen LogP) is 1.57. The summed E-state index contributed by atoms with van der Waals surface area (Å²) < 4.78 is 5.04. The van der Waals surface area contributed by atoms with E-state index in [0.717, 1.165) is 0 Å². The lowest BCUT2D eigenvalue weighted by Gasteiger charge is -2.28. The summed E-state index contributed by atoms with van der Waals surface area (Å²) >= 11 is 0. The van der Waals surface area contributed by atoms with Crippen LogP contribution >= 0.6 is 0 Å². The van der Waals surface area contributed by atoms with Gasteiger partial charge in [0, 0.05) is 12.3 Å². The van der Waals surface area contributed by atoms with E-state index in [9.17, 15) is 24.6 Å². The molecule has 0 spiro atoms. The first-order chi connectivity index (χ1) is 10.8. The smallest absolute Gasteiger partial charge is 0.316 e. The van der Waals surface area contributed by atoms with Gasteiger partial charge in [0.2, 0.25) is 0 Å². The fraction of sp³-hybridized carbons (Fsp3) is 0.722. The molecule has 0 aromatic rings. The first-order valence-corrected chi connectivity index (χ1v) is 8.22. The monoisotopic (exact) mass is 340 g/mol. The van der Waals surface area contributed by atoms with Gasteiger partial charge in [0.1, 0.15) is 23.9 Å². The van der Waals surface area contributed by atoms with Gasteiger partial charge in [-0.1, -0.05) is 6.92 Å². The summed E-state index contributed by atoms with van der Waals surface area (Å²) in [4.78, 5) is 36.5. The van der Waals surface area contributed by atoms with Gasteiger partial charge >= 0.3 is 5.97 Å². The highest BCUT2D eigenvalue weighted by atomic mass is 16.5. The average molecular weight is 340 g/mol. The molecule has 0 aliphatic carbocycles. The number of rotatable bonds is 0. The number of hydrogen-bond acceptors (Lipinski definition) is 6. The molecule has 0 saturated carbocycles. The molecule has 6 nitrogen and oxygen atoms in total. The van der Waals surface area contributed by atoms with Crippen molar-refractivity contribution < 1.29 is 29.3 Å². The molecule has 1 aliphatic heterocycles. The van der Waals surface area contributed by atoms with Crippen LogP contribution in [0.1, 0.15) is 53.9 Å². The number of carbonyl (C=O) groups excluding carboxylic acids is 3. The van der Waals surface area contributed by atoms with Crippen LogP contribution in [0, 0.1) is 11.8 Å². The minimum Gasteiger partial charge on any atom is -0.462 e. The van der Waals surface area contributed by atoms with Crippen LogP contribution in [0.4, 0.5) is 0 Å². The molecular formula is C18H28O6. The maximum absolute atomic E-state index is 12.3. The van der Waals surface area contributed by atoms with Crippen molar-refractivity contribution in [3.05, 3.63) is 11.6 Å². The topological polar surface area (TPSA) is 101 Å². The minimum absolute atomic E-state index is 0.113. The van der Waals surface area contributed by atoms with Crippen LogP contribution in [0.15, 0.2) is 11.6 Å². The molecule has 2 N–H and O–H groups in total. The molecular weight excluding hydrogens is 312 g/mol. The van der Waals surface area contributed by atoms with Crippen molar-refractivity contribution >= 4 is 17.5 Å². The molecule has 24 heavy (non-hydrogen) atoms. The first kappa shape index (κ1) is 20.5. The Labute approximate surface area is 142 Å². The molecule has 0 aromatic carbocycles. The van der Waals surface area contributed by atoms with E-state index in [-0.39, 0.29) is 37.4 Å². The van der Waals surface area contributed by atoms with Gasteiger partial charge in [-0.25, -0.2) is 0 Å². The molecule has 6 heteroatoms. The summed E-state index contributed by atoms with van der Waals surface area (Å²) in [6.45, 7) is 7.35. The number of carbonyl (C=O) groups is 3. The van der Waals surface area contributed by atoms with Crippen molar-refractivity contribution in [3.63, 3.8) is 0 Å². The van der Waals surface area contributed by atoms with Crippen molar-refractivity contribution in [3.8, 4) is 0 Å². The lowest BCUT2D eigenvalue weighted by Crippen LogP contribution is -2.37. The Bertz CT molecular complexity index is 544. The molecule has 0 amide bonds. The van der Waals surface area contributed by atoms with E-state index in [1.165, 1.54) is 19.9 Å². The molecule has 0 fully saturated rings. The van der Waals surface area contributed by atoms with E-state index in [2.05, 4.69) is 0 Å². The number of allylic oxidation sites excluding steroid dienone is 1.